The molecule has 1 aromatic carbocycles. The van der Waals surface area contributed by atoms with Crippen LogP contribution in [0, 0.1) is 0 Å². The lowest BCUT2D eigenvalue weighted by Crippen LogP contribution is -2.33. The fraction of sp³-hybridized carbons (Fsp3) is 0.312. The number of imide groups is 1. The molecule has 0 N–H and O–H groups in total. The molecular formula is C16H15N3O3. The number of nitrogens with zero attached hydrogens (tertiary/aromatic N) is 3. The number of urea groups is 1. The van der Waals surface area contributed by atoms with Crippen LogP contribution in [0.1, 0.15) is 18.7 Å². The summed E-state index contributed by atoms with van der Waals surface area (Å²) < 4.78 is 5.66. The fourth-order valence-electron chi connectivity index (χ4n) is 2.64. The molecule has 112 valence electrons. The van der Waals surface area contributed by atoms with E-state index in [2.05, 4.69) is 4.98 Å². The maximum Gasteiger partial charge on any atom is 0.327 e. The Bertz CT molecular complexity index is 721. The number of hydrogen-bond acceptors (Lipinski definition) is 4. The van der Waals surface area contributed by atoms with Crippen LogP contribution in [-0.4, -0.2) is 39.3 Å². The molecule has 6 heteroatoms. The van der Waals surface area contributed by atoms with Crippen molar-refractivity contribution in [2.45, 2.75) is 25.4 Å². The Morgan fingerprint density at radius 1 is 1.18 bits per heavy atom. The highest BCUT2D eigenvalue weighted by molar-refractivity contribution is 6.02. The smallest absolute Gasteiger partial charge is 0.327 e. The molecule has 2 fully saturated rings. The molecule has 0 spiro atoms. The average molecular weight is 297 g/mol. The molecule has 1 saturated heterocycles. The quantitative estimate of drug-likeness (QED) is 0.812. The number of aromatic nitrogens is 1. The van der Waals surface area contributed by atoms with E-state index in [0.717, 1.165) is 18.4 Å². The molecule has 0 unspecified atom stereocenters. The number of carbonyl (C=O) groups is 2. The lowest BCUT2D eigenvalue weighted by Gasteiger charge is -2.14. The minimum absolute atomic E-state index is 0.0910. The summed E-state index contributed by atoms with van der Waals surface area (Å²) in [6, 6.07) is 9.61. The molecule has 0 atom stereocenters. The van der Waals surface area contributed by atoms with Gasteiger partial charge in [0.2, 0.25) is 5.89 Å². The Labute approximate surface area is 127 Å². The van der Waals surface area contributed by atoms with E-state index in [1.54, 1.807) is 11.1 Å². The zero-order valence-corrected chi connectivity index (χ0v) is 11.9. The van der Waals surface area contributed by atoms with Crippen molar-refractivity contribution in [3.63, 3.8) is 0 Å². The summed E-state index contributed by atoms with van der Waals surface area (Å²) in [5.74, 6) is 0.823. The van der Waals surface area contributed by atoms with Crippen molar-refractivity contribution in [1.82, 2.24) is 14.8 Å². The molecule has 2 aliphatic rings. The normalized spacial score (nSPS) is 18.4. The molecule has 0 bridgehead atoms. The molecule has 1 saturated carbocycles. The Kier molecular flexibility index (Phi) is 2.96. The van der Waals surface area contributed by atoms with Crippen molar-refractivity contribution in [2.24, 2.45) is 0 Å². The van der Waals surface area contributed by atoms with Crippen LogP contribution < -0.4 is 0 Å². The number of hydrogen-bond donors (Lipinski definition) is 0. The number of benzene rings is 1. The first-order valence-electron chi connectivity index (χ1n) is 7.33. The SMILES string of the molecule is O=C1CN(C2CC2)C(=O)N1Cc1ncc(-c2ccccc2)o1. The van der Waals surface area contributed by atoms with Gasteiger partial charge in [0.25, 0.3) is 5.91 Å². The predicted molar refractivity (Wildman–Crippen MR) is 77.6 cm³/mol. The van der Waals surface area contributed by atoms with Gasteiger partial charge in [-0.2, -0.15) is 0 Å². The number of carbonyl (C=O) groups excluding carboxylic acids is 2. The molecule has 1 aromatic heterocycles. The number of rotatable bonds is 4. The van der Waals surface area contributed by atoms with E-state index in [0.29, 0.717) is 11.7 Å². The largest absolute Gasteiger partial charge is 0.439 e. The monoisotopic (exact) mass is 297 g/mol. The molecule has 1 aliphatic carbocycles. The van der Waals surface area contributed by atoms with Gasteiger partial charge in [-0.15, -0.1) is 0 Å². The highest BCUT2D eigenvalue weighted by Crippen LogP contribution is 2.31. The summed E-state index contributed by atoms with van der Waals surface area (Å²) in [5, 5.41) is 0. The van der Waals surface area contributed by atoms with Crippen molar-refractivity contribution in [3.05, 3.63) is 42.4 Å². The van der Waals surface area contributed by atoms with Crippen molar-refractivity contribution in [2.75, 3.05) is 6.54 Å². The maximum absolute atomic E-state index is 12.2. The maximum atomic E-state index is 12.2. The van der Waals surface area contributed by atoms with Gasteiger partial charge >= 0.3 is 6.03 Å². The second-order valence-corrected chi connectivity index (χ2v) is 5.61. The van der Waals surface area contributed by atoms with E-state index >= 15 is 0 Å². The van der Waals surface area contributed by atoms with Gasteiger partial charge in [0, 0.05) is 11.6 Å². The van der Waals surface area contributed by atoms with Crippen LogP contribution in [0.15, 0.2) is 40.9 Å². The Morgan fingerprint density at radius 2 is 1.95 bits per heavy atom. The second-order valence-electron chi connectivity index (χ2n) is 5.61. The zero-order valence-electron chi connectivity index (χ0n) is 11.9. The molecule has 3 amide bonds. The summed E-state index contributed by atoms with van der Waals surface area (Å²) in [6.07, 6.45) is 3.60. The highest BCUT2D eigenvalue weighted by atomic mass is 16.4. The fourth-order valence-corrected chi connectivity index (χ4v) is 2.64. The van der Waals surface area contributed by atoms with Crippen molar-refractivity contribution >= 4 is 11.9 Å². The van der Waals surface area contributed by atoms with Gasteiger partial charge in [-0.1, -0.05) is 30.3 Å². The molecule has 2 aromatic rings. The molecule has 4 rings (SSSR count). The van der Waals surface area contributed by atoms with Crippen LogP contribution in [0.25, 0.3) is 11.3 Å². The Balaban J connectivity index is 1.51. The summed E-state index contributed by atoms with van der Waals surface area (Å²) >= 11 is 0. The van der Waals surface area contributed by atoms with Crippen LogP contribution in [0.4, 0.5) is 4.79 Å². The third kappa shape index (κ3) is 2.26. The molecule has 1 aliphatic heterocycles. The van der Waals surface area contributed by atoms with E-state index in [-0.39, 0.29) is 31.1 Å². The van der Waals surface area contributed by atoms with Crippen LogP contribution in [0.5, 0.6) is 0 Å². The lowest BCUT2D eigenvalue weighted by molar-refractivity contribution is -0.126. The first-order chi connectivity index (χ1) is 10.7. The van der Waals surface area contributed by atoms with Crippen molar-refractivity contribution in [1.29, 1.82) is 0 Å². The van der Waals surface area contributed by atoms with E-state index < -0.39 is 0 Å². The number of oxazole rings is 1. The lowest BCUT2D eigenvalue weighted by atomic mass is 10.2. The third-order valence-electron chi connectivity index (χ3n) is 3.98. The molecule has 2 heterocycles. The average Bonchev–Trinajstić information content (AvgIpc) is 3.21. The third-order valence-corrected chi connectivity index (χ3v) is 3.98. The molecular weight excluding hydrogens is 282 g/mol. The summed E-state index contributed by atoms with van der Waals surface area (Å²) in [7, 11) is 0. The van der Waals surface area contributed by atoms with Gasteiger partial charge in [-0.05, 0) is 12.8 Å². The summed E-state index contributed by atoms with van der Waals surface area (Å²) in [5.41, 5.74) is 0.917. The first-order valence-corrected chi connectivity index (χ1v) is 7.33. The molecule has 6 nitrogen and oxygen atoms in total. The van der Waals surface area contributed by atoms with Gasteiger partial charge in [-0.25, -0.2) is 9.78 Å². The van der Waals surface area contributed by atoms with Gasteiger partial charge in [0.05, 0.1) is 6.20 Å². The summed E-state index contributed by atoms with van der Waals surface area (Å²) in [6.45, 7) is 0.267. The standard InChI is InChI=1S/C16H15N3O3/c20-15-10-18(12-6-7-12)16(21)19(15)9-14-17-8-13(22-14)11-4-2-1-3-5-11/h1-5,8,12H,6-7,9-10H2. The van der Waals surface area contributed by atoms with E-state index in [9.17, 15) is 9.59 Å². The Hall–Kier alpha value is -2.63. The second kappa shape index (κ2) is 4.98. The minimum atomic E-state index is -0.230. The summed E-state index contributed by atoms with van der Waals surface area (Å²) in [4.78, 5) is 31.3. The first kappa shape index (κ1) is 13.1. The van der Waals surface area contributed by atoms with Crippen LogP contribution in [-0.2, 0) is 11.3 Å². The van der Waals surface area contributed by atoms with Gasteiger partial charge in [0.1, 0.15) is 13.1 Å². The van der Waals surface area contributed by atoms with Crippen LogP contribution in [0.3, 0.4) is 0 Å². The van der Waals surface area contributed by atoms with Gasteiger partial charge < -0.3 is 9.32 Å². The van der Waals surface area contributed by atoms with Crippen LogP contribution >= 0.6 is 0 Å². The predicted octanol–water partition coefficient (Wildman–Crippen LogP) is 2.27. The zero-order chi connectivity index (χ0) is 15.1. The number of amides is 3. The minimum Gasteiger partial charge on any atom is -0.439 e. The van der Waals surface area contributed by atoms with Crippen molar-refractivity contribution < 1.29 is 14.0 Å². The van der Waals surface area contributed by atoms with Crippen molar-refractivity contribution in [3.8, 4) is 11.3 Å². The topological polar surface area (TPSA) is 66.7 Å². The molecule has 22 heavy (non-hydrogen) atoms. The molecule has 0 radical (unpaired) electrons. The van der Waals surface area contributed by atoms with E-state index in [1.165, 1.54) is 4.90 Å². The van der Waals surface area contributed by atoms with Crippen LogP contribution in [0.2, 0.25) is 0 Å². The van der Waals surface area contributed by atoms with Gasteiger partial charge in [0.15, 0.2) is 5.76 Å². The van der Waals surface area contributed by atoms with E-state index in [4.69, 9.17) is 4.42 Å². The van der Waals surface area contributed by atoms with E-state index in [1.807, 2.05) is 30.3 Å². The van der Waals surface area contributed by atoms with Gasteiger partial charge in [-0.3, -0.25) is 9.69 Å². The Morgan fingerprint density at radius 3 is 2.68 bits per heavy atom. The highest BCUT2D eigenvalue weighted by Gasteiger charge is 2.44.